The third-order valence-electron chi connectivity index (χ3n) is 2.60. The molecule has 96 valence electrons. The summed E-state index contributed by atoms with van der Waals surface area (Å²) in [6.45, 7) is 7.09. The van der Waals surface area contributed by atoms with Gasteiger partial charge in [0.25, 0.3) is 11.2 Å². The Morgan fingerprint density at radius 1 is 1.42 bits per heavy atom. The molecule has 0 radical (unpaired) electrons. The van der Waals surface area contributed by atoms with E-state index in [0.29, 0.717) is 0 Å². The number of hydrogen-bond acceptors (Lipinski definition) is 4. The smallest absolute Gasteiger partial charge is 0.294 e. The molecule has 0 spiro atoms. The Morgan fingerprint density at radius 2 is 2.11 bits per heavy atom. The number of benzene rings is 1. The topological polar surface area (TPSA) is 68.7 Å². The predicted octanol–water partition coefficient (Wildman–Crippen LogP) is 1.56. The Hall–Kier alpha value is -2.81. The molecular weight excluding hydrogens is 246 g/mol. The van der Waals surface area contributed by atoms with E-state index in [2.05, 4.69) is 9.94 Å². The normalized spacial score (nSPS) is 9.89. The summed E-state index contributed by atoms with van der Waals surface area (Å²) in [5.74, 6) is 0.322. The molecule has 0 unspecified atom stereocenters. The molecule has 0 fully saturated rings. The van der Waals surface area contributed by atoms with Crippen LogP contribution in [-0.2, 0) is 6.54 Å². The van der Waals surface area contributed by atoms with Gasteiger partial charge in [-0.2, -0.15) is 5.10 Å². The lowest BCUT2D eigenvalue weighted by molar-refractivity contribution is 0.414. The standard InChI is InChI=1S/C13H11N3O3/c1-14-12-11(17)7-15-16(13(12)18)8-9-3-5-10(19-2)6-4-9/h3-7,17H,8H2,2H3. The Balaban J connectivity index is 2.34. The largest absolute Gasteiger partial charge is 0.517 e. The number of methoxy groups -OCH3 is 1. The zero-order valence-electron chi connectivity index (χ0n) is 10.2. The lowest BCUT2D eigenvalue weighted by Gasteiger charge is -2.06. The molecule has 0 amide bonds. The van der Waals surface area contributed by atoms with Crippen molar-refractivity contribution in [2.45, 2.75) is 6.54 Å². The van der Waals surface area contributed by atoms with Gasteiger partial charge >= 0.3 is 0 Å². The minimum Gasteiger partial charge on any atom is -0.517 e. The lowest BCUT2D eigenvalue weighted by atomic mass is 10.2. The summed E-state index contributed by atoms with van der Waals surface area (Å²) in [6, 6.07) is 7.15. The summed E-state index contributed by atoms with van der Waals surface area (Å²) in [5.41, 5.74) is -0.0775. The molecule has 0 atom stereocenters. The van der Waals surface area contributed by atoms with Gasteiger partial charge in [-0.3, -0.25) is 4.79 Å². The predicted molar refractivity (Wildman–Crippen MR) is 68.5 cm³/mol. The average molecular weight is 257 g/mol. The zero-order chi connectivity index (χ0) is 13.8. The summed E-state index contributed by atoms with van der Waals surface area (Å²) < 4.78 is 6.17. The van der Waals surface area contributed by atoms with Gasteiger partial charge in [-0.15, -0.1) is 0 Å². The monoisotopic (exact) mass is 257 g/mol. The third kappa shape index (κ3) is 2.55. The number of ether oxygens (including phenoxy) is 1. The third-order valence-corrected chi connectivity index (χ3v) is 2.60. The summed E-state index contributed by atoms with van der Waals surface area (Å²) in [6.07, 6.45) is 1.10. The lowest BCUT2D eigenvalue weighted by Crippen LogP contribution is -2.22. The minimum atomic E-state index is -0.606. The fourth-order valence-electron chi connectivity index (χ4n) is 1.59. The Labute approximate surface area is 109 Å². The minimum absolute atomic E-state index is 0.228. The second-order valence-electron chi connectivity index (χ2n) is 3.80. The molecule has 0 saturated carbocycles. The van der Waals surface area contributed by atoms with Crippen LogP contribution >= 0.6 is 0 Å². The van der Waals surface area contributed by atoms with Crippen molar-refractivity contribution in [2.24, 2.45) is 0 Å². The number of hydrogen-bond donors (Lipinski definition) is 1. The first-order valence-corrected chi connectivity index (χ1v) is 5.45. The highest BCUT2D eigenvalue weighted by atomic mass is 16.5. The van der Waals surface area contributed by atoms with Crippen LogP contribution in [0, 0.1) is 6.57 Å². The van der Waals surface area contributed by atoms with E-state index < -0.39 is 11.3 Å². The maximum Gasteiger partial charge on any atom is 0.294 e. The number of rotatable bonds is 3. The van der Waals surface area contributed by atoms with E-state index in [1.807, 2.05) is 0 Å². The van der Waals surface area contributed by atoms with Crippen LogP contribution < -0.4 is 10.3 Å². The van der Waals surface area contributed by atoms with Crippen molar-refractivity contribution in [3.05, 3.63) is 57.8 Å². The van der Waals surface area contributed by atoms with E-state index in [9.17, 15) is 9.90 Å². The van der Waals surface area contributed by atoms with E-state index in [4.69, 9.17) is 11.3 Å². The summed E-state index contributed by atoms with van der Waals surface area (Å²) in [4.78, 5) is 14.9. The molecule has 2 aromatic rings. The van der Waals surface area contributed by atoms with Crippen LogP contribution in [0.25, 0.3) is 4.85 Å². The number of nitrogens with zero attached hydrogens (tertiary/aromatic N) is 3. The van der Waals surface area contributed by atoms with Crippen LogP contribution in [0.4, 0.5) is 5.69 Å². The molecule has 1 aromatic heterocycles. The van der Waals surface area contributed by atoms with Crippen LogP contribution in [0.15, 0.2) is 35.3 Å². The summed E-state index contributed by atoms with van der Waals surface area (Å²) in [5, 5.41) is 13.1. The SMILES string of the molecule is [C-]#[N+]c1c(O)cnn(Cc2ccc(OC)cc2)c1=O. The van der Waals surface area contributed by atoms with E-state index in [1.165, 1.54) is 0 Å². The molecule has 1 aromatic carbocycles. The van der Waals surface area contributed by atoms with Crippen molar-refractivity contribution in [3.63, 3.8) is 0 Å². The van der Waals surface area contributed by atoms with Gasteiger partial charge in [0, 0.05) is 0 Å². The molecule has 0 aliphatic heterocycles. The molecule has 0 aliphatic rings. The summed E-state index contributed by atoms with van der Waals surface area (Å²) >= 11 is 0. The fraction of sp³-hybridized carbons (Fsp3) is 0.154. The van der Waals surface area contributed by atoms with Gasteiger partial charge in [-0.1, -0.05) is 12.1 Å². The van der Waals surface area contributed by atoms with Crippen LogP contribution in [0.3, 0.4) is 0 Å². The van der Waals surface area contributed by atoms with Gasteiger partial charge in [0.1, 0.15) is 11.5 Å². The van der Waals surface area contributed by atoms with Gasteiger partial charge in [-0.25, -0.2) is 9.53 Å². The Morgan fingerprint density at radius 3 is 2.68 bits per heavy atom. The first-order valence-electron chi connectivity index (χ1n) is 5.45. The highest BCUT2D eigenvalue weighted by Gasteiger charge is 2.10. The molecule has 1 N–H and O–H groups in total. The molecule has 6 nitrogen and oxygen atoms in total. The van der Waals surface area contributed by atoms with E-state index in [0.717, 1.165) is 22.2 Å². The van der Waals surface area contributed by atoms with Crippen LogP contribution in [-0.4, -0.2) is 22.0 Å². The van der Waals surface area contributed by atoms with Gasteiger partial charge in [0.2, 0.25) is 0 Å². The molecule has 0 aliphatic carbocycles. The molecular formula is C13H11N3O3. The molecule has 1 heterocycles. The maximum absolute atomic E-state index is 11.9. The fourth-order valence-corrected chi connectivity index (χ4v) is 1.59. The second-order valence-corrected chi connectivity index (χ2v) is 3.80. The molecule has 6 heteroatoms. The van der Waals surface area contributed by atoms with Crippen LogP contribution in [0.2, 0.25) is 0 Å². The van der Waals surface area contributed by atoms with Gasteiger partial charge in [0.15, 0.2) is 0 Å². The van der Waals surface area contributed by atoms with Crippen molar-refractivity contribution in [3.8, 4) is 11.5 Å². The van der Waals surface area contributed by atoms with Gasteiger partial charge in [-0.05, 0) is 17.7 Å². The zero-order valence-corrected chi connectivity index (χ0v) is 10.2. The van der Waals surface area contributed by atoms with Crippen molar-refractivity contribution in [1.82, 2.24) is 9.78 Å². The molecule has 0 bridgehead atoms. The highest BCUT2D eigenvalue weighted by molar-refractivity contribution is 5.53. The van der Waals surface area contributed by atoms with Crippen LogP contribution in [0.5, 0.6) is 11.5 Å². The van der Waals surface area contributed by atoms with Crippen molar-refractivity contribution >= 4 is 5.69 Å². The quantitative estimate of drug-likeness (QED) is 0.847. The van der Waals surface area contributed by atoms with Crippen molar-refractivity contribution in [2.75, 3.05) is 7.11 Å². The average Bonchev–Trinajstić information content (AvgIpc) is 2.43. The molecule has 0 saturated heterocycles. The van der Waals surface area contributed by atoms with Crippen LogP contribution in [0.1, 0.15) is 5.56 Å². The maximum atomic E-state index is 11.9. The summed E-state index contributed by atoms with van der Waals surface area (Å²) in [7, 11) is 1.57. The Kier molecular flexibility index (Phi) is 3.48. The van der Waals surface area contributed by atoms with Gasteiger partial charge in [0.05, 0.1) is 26.4 Å². The number of aromatic hydroxyl groups is 1. The highest BCUT2D eigenvalue weighted by Crippen LogP contribution is 2.19. The van der Waals surface area contributed by atoms with Crippen molar-refractivity contribution < 1.29 is 9.84 Å². The second kappa shape index (κ2) is 5.23. The first kappa shape index (κ1) is 12.6. The number of aromatic nitrogens is 2. The van der Waals surface area contributed by atoms with E-state index >= 15 is 0 Å². The molecule has 2 rings (SSSR count). The first-order chi connectivity index (χ1) is 9.15. The van der Waals surface area contributed by atoms with E-state index in [1.54, 1.807) is 31.4 Å². The van der Waals surface area contributed by atoms with Crippen molar-refractivity contribution in [1.29, 1.82) is 0 Å². The van der Waals surface area contributed by atoms with E-state index in [-0.39, 0.29) is 12.2 Å². The molecule has 19 heavy (non-hydrogen) atoms. The van der Waals surface area contributed by atoms with Gasteiger partial charge < -0.3 is 9.84 Å². The Bertz CT molecular complexity index is 684.